The van der Waals surface area contributed by atoms with Crippen LogP contribution in [0.15, 0.2) is 36.4 Å². The zero-order valence-corrected chi connectivity index (χ0v) is 20.8. The predicted octanol–water partition coefficient (Wildman–Crippen LogP) is 6.38. The summed E-state index contributed by atoms with van der Waals surface area (Å²) in [4.78, 5) is 36.8. The number of carbonyl (C=O) groups is 3. The van der Waals surface area contributed by atoms with Crippen LogP contribution < -0.4 is 5.32 Å². The third-order valence-corrected chi connectivity index (χ3v) is 6.79. The quantitative estimate of drug-likeness (QED) is 0.321. The summed E-state index contributed by atoms with van der Waals surface area (Å²) in [6.07, 6.45) is -5.13. The molecule has 34 heavy (non-hydrogen) atoms. The summed E-state index contributed by atoms with van der Waals surface area (Å²) in [7, 11) is 0.836. The van der Waals surface area contributed by atoms with Crippen LogP contribution in [0.3, 0.4) is 0 Å². The lowest BCUT2D eigenvalue weighted by molar-refractivity contribution is -0.183. The number of hydrogen-bond acceptors (Lipinski definition) is 3. The first-order valence-electron chi connectivity index (χ1n) is 9.42. The van der Waals surface area contributed by atoms with Crippen molar-refractivity contribution in [2.24, 2.45) is 5.92 Å². The van der Waals surface area contributed by atoms with Gasteiger partial charge < -0.3 is 10.2 Å². The largest absolute Gasteiger partial charge is 0.471 e. The highest BCUT2D eigenvalue weighted by atomic mass is 35.5. The molecule has 2 amide bonds. The number of benzene rings is 2. The first-order valence-corrected chi connectivity index (χ1v) is 11.3. The monoisotopic (exact) mass is 574 g/mol. The molecule has 0 bridgehead atoms. The number of amides is 2. The van der Waals surface area contributed by atoms with Gasteiger partial charge in [0.1, 0.15) is 4.33 Å². The molecule has 1 fully saturated rings. The average Bonchev–Trinajstić information content (AvgIpc) is 3.29. The molecule has 2 atom stereocenters. The van der Waals surface area contributed by atoms with Gasteiger partial charge in [0, 0.05) is 34.3 Å². The van der Waals surface area contributed by atoms with Crippen molar-refractivity contribution in [3.05, 3.63) is 62.6 Å². The van der Waals surface area contributed by atoms with Gasteiger partial charge in [-0.15, -0.1) is 23.2 Å². The van der Waals surface area contributed by atoms with Crippen LogP contribution in [0.5, 0.6) is 0 Å². The van der Waals surface area contributed by atoms with Crippen LogP contribution in [-0.4, -0.2) is 46.6 Å². The molecule has 1 saturated carbocycles. The van der Waals surface area contributed by atoms with Gasteiger partial charge in [-0.2, -0.15) is 13.2 Å². The Morgan fingerprint density at radius 3 is 2.18 bits per heavy atom. The van der Waals surface area contributed by atoms with E-state index in [1.165, 1.54) is 24.3 Å². The van der Waals surface area contributed by atoms with E-state index in [1.54, 1.807) is 12.1 Å². The van der Waals surface area contributed by atoms with Gasteiger partial charge in [-0.1, -0.05) is 34.8 Å². The standard InChI is InChI=1S/C21H14Cl5F3N2O3/c1-31(19(34)21(27,28)29)8-15(32)13-7-12(2-3-14(13)24)30-18(33)17-16(20(17,25)26)9-4-10(22)6-11(23)5-9/h2-7,16-17H,8H2,1H3,(H,30,33). The van der Waals surface area contributed by atoms with Crippen LogP contribution in [0, 0.1) is 5.92 Å². The van der Waals surface area contributed by atoms with Crippen molar-refractivity contribution < 1.29 is 27.6 Å². The SMILES string of the molecule is CN(CC(=O)c1cc(NC(=O)C2C(c3cc(Cl)cc(Cl)c3)C2(Cl)Cl)ccc1Cl)C(=O)C(F)(F)F. The summed E-state index contributed by atoms with van der Waals surface area (Å²) in [6.45, 7) is -0.873. The maximum Gasteiger partial charge on any atom is 0.471 e. The molecule has 0 radical (unpaired) electrons. The molecule has 182 valence electrons. The molecular formula is C21H14Cl5F3N2O3. The number of Topliss-reactive ketones (excluding diaryl/α,β-unsaturated/α-hetero) is 1. The van der Waals surface area contributed by atoms with Crippen molar-refractivity contribution in [1.82, 2.24) is 4.90 Å². The van der Waals surface area contributed by atoms with E-state index in [1.807, 2.05) is 0 Å². The van der Waals surface area contributed by atoms with E-state index >= 15 is 0 Å². The molecule has 2 aromatic carbocycles. The van der Waals surface area contributed by atoms with Crippen molar-refractivity contribution >= 4 is 81.3 Å². The summed E-state index contributed by atoms with van der Waals surface area (Å²) < 4.78 is 36.3. The average molecular weight is 577 g/mol. The lowest BCUT2D eigenvalue weighted by atomic mass is 10.1. The van der Waals surface area contributed by atoms with Gasteiger partial charge >= 0.3 is 12.1 Å². The van der Waals surface area contributed by atoms with Gasteiger partial charge in [-0.3, -0.25) is 14.4 Å². The number of likely N-dealkylation sites (N-methyl/N-ethyl adjacent to an activating group) is 1. The number of halogens is 8. The van der Waals surface area contributed by atoms with Gasteiger partial charge in [0.2, 0.25) is 5.91 Å². The van der Waals surface area contributed by atoms with Crippen molar-refractivity contribution in [2.45, 2.75) is 16.4 Å². The third kappa shape index (κ3) is 5.74. The zero-order valence-electron chi connectivity index (χ0n) is 17.0. The molecule has 1 aliphatic rings. The van der Waals surface area contributed by atoms with E-state index in [0.717, 1.165) is 7.05 Å². The fraction of sp³-hybridized carbons (Fsp3) is 0.286. The Morgan fingerprint density at radius 1 is 1.03 bits per heavy atom. The van der Waals surface area contributed by atoms with Gasteiger partial charge in [-0.25, -0.2) is 0 Å². The summed E-state index contributed by atoms with van der Waals surface area (Å²) in [6, 6.07) is 8.54. The number of nitrogens with zero attached hydrogens (tertiary/aromatic N) is 1. The number of anilines is 1. The maximum atomic E-state index is 12.8. The number of ketones is 1. The molecule has 1 N–H and O–H groups in total. The fourth-order valence-corrected chi connectivity index (χ4v) is 5.04. The number of carbonyl (C=O) groups excluding carboxylic acids is 3. The van der Waals surface area contributed by atoms with Crippen LogP contribution in [-0.2, 0) is 9.59 Å². The minimum absolute atomic E-state index is 0.0715. The number of nitrogens with one attached hydrogen (secondary N) is 1. The van der Waals surface area contributed by atoms with Crippen molar-refractivity contribution in [3.63, 3.8) is 0 Å². The van der Waals surface area contributed by atoms with E-state index in [9.17, 15) is 27.6 Å². The molecule has 3 rings (SSSR count). The third-order valence-electron chi connectivity index (χ3n) is 5.08. The summed E-state index contributed by atoms with van der Waals surface area (Å²) >= 11 is 30.7. The Labute approximate surface area is 217 Å². The van der Waals surface area contributed by atoms with Crippen LogP contribution in [0.2, 0.25) is 15.1 Å². The topological polar surface area (TPSA) is 66.5 Å². The Hall–Kier alpha value is -1.71. The normalized spacial score (nSPS) is 18.9. The van der Waals surface area contributed by atoms with E-state index in [2.05, 4.69) is 5.32 Å². The molecule has 0 saturated heterocycles. The van der Waals surface area contributed by atoms with Gasteiger partial charge in [0.15, 0.2) is 5.78 Å². The maximum absolute atomic E-state index is 12.8. The van der Waals surface area contributed by atoms with Crippen LogP contribution in [0.1, 0.15) is 21.8 Å². The van der Waals surface area contributed by atoms with E-state index in [0.29, 0.717) is 15.6 Å². The summed E-state index contributed by atoms with van der Waals surface area (Å²) in [5.41, 5.74) is 0.506. The highest BCUT2D eigenvalue weighted by Gasteiger charge is 2.67. The van der Waals surface area contributed by atoms with E-state index in [-0.39, 0.29) is 21.2 Å². The van der Waals surface area contributed by atoms with Crippen LogP contribution >= 0.6 is 58.0 Å². The lowest BCUT2D eigenvalue weighted by Gasteiger charge is -2.18. The van der Waals surface area contributed by atoms with Crippen LogP contribution in [0.25, 0.3) is 0 Å². The number of hydrogen-bond donors (Lipinski definition) is 1. The second-order valence-electron chi connectivity index (χ2n) is 7.60. The van der Waals surface area contributed by atoms with Gasteiger partial charge in [-0.05, 0) is 42.0 Å². The first-order chi connectivity index (χ1) is 15.6. The highest BCUT2D eigenvalue weighted by Crippen LogP contribution is 2.65. The molecular weight excluding hydrogens is 563 g/mol. The fourth-order valence-electron chi connectivity index (χ4n) is 3.45. The second kappa shape index (κ2) is 9.74. The molecule has 2 unspecified atom stereocenters. The molecule has 0 aliphatic heterocycles. The molecule has 5 nitrogen and oxygen atoms in total. The summed E-state index contributed by atoms with van der Waals surface area (Å²) in [5, 5.41) is 3.18. The highest BCUT2D eigenvalue weighted by molar-refractivity contribution is 6.53. The van der Waals surface area contributed by atoms with E-state index in [4.69, 9.17) is 58.0 Å². The van der Waals surface area contributed by atoms with Crippen molar-refractivity contribution in [3.8, 4) is 0 Å². The molecule has 0 spiro atoms. The van der Waals surface area contributed by atoms with E-state index < -0.39 is 46.5 Å². The number of alkyl halides is 5. The Kier molecular flexibility index (Phi) is 7.70. The zero-order chi connectivity index (χ0) is 25.6. The van der Waals surface area contributed by atoms with Crippen molar-refractivity contribution in [2.75, 3.05) is 18.9 Å². The molecule has 0 heterocycles. The summed E-state index contributed by atoms with van der Waals surface area (Å²) in [5.74, 6) is -5.10. The Morgan fingerprint density at radius 2 is 1.62 bits per heavy atom. The lowest BCUT2D eigenvalue weighted by Crippen LogP contribution is -2.41. The smallest absolute Gasteiger partial charge is 0.330 e. The molecule has 0 aromatic heterocycles. The van der Waals surface area contributed by atoms with Crippen molar-refractivity contribution in [1.29, 1.82) is 0 Å². The van der Waals surface area contributed by atoms with Crippen LogP contribution in [0.4, 0.5) is 18.9 Å². The molecule has 2 aromatic rings. The van der Waals surface area contributed by atoms with Gasteiger partial charge in [0.25, 0.3) is 0 Å². The minimum atomic E-state index is -5.13. The van der Waals surface area contributed by atoms with Gasteiger partial charge in [0.05, 0.1) is 17.5 Å². The predicted molar refractivity (Wildman–Crippen MR) is 125 cm³/mol. The number of rotatable bonds is 6. The molecule has 1 aliphatic carbocycles. The Bertz CT molecular complexity index is 1150. The Balaban J connectivity index is 1.75. The first kappa shape index (κ1) is 26.9. The minimum Gasteiger partial charge on any atom is -0.330 e. The second-order valence-corrected chi connectivity index (χ2v) is 10.3. The molecule has 13 heteroatoms.